The second kappa shape index (κ2) is 16.9. The predicted octanol–water partition coefficient (Wildman–Crippen LogP) is 8.43. The number of carbonyl (C=O) groups is 1. The summed E-state index contributed by atoms with van der Waals surface area (Å²) in [5, 5.41) is 9.84. The molecule has 0 spiro atoms. The van der Waals surface area contributed by atoms with Crippen LogP contribution in [0.2, 0.25) is 0 Å². The lowest BCUT2D eigenvalue weighted by Gasteiger charge is -2.21. The van der Waals surface area contributed by atoms with Crippen LogP contribution in [0.5, 0.6) is 11.5 Å². The lowest BCUT2D eigenvalue weighted by atomic mass is 9.92. The van der Waals surface area contributed by atoms with Crippen LogP contribution in [0.3, 0.4) is 0 Å². The molecule has 32 heavy (non-hydrogen) atoms. The predicted molar refractivity (Wildman–Crippen MR) is 135 cm³/mol. The summed E-state index contributed by atoms with van der Waals surface area (Å²) in [6, 6.07) is 0. The lowest BCUT2D eigenvalue weighted by Crippen LogP contribution is -2.12. The maximum absolute atomic E-state index is 12.0. The van der Waals surface area contributed by atoms with Crippen molar-refractivity contribution in [3.63, 3.8) is 0 Å². The van der Waals surface area contributed by atoms with Gasteiger partial charge in [-0.05, 0) is 44.7 Å². The van der Waals surface area contributed by atoms with Crippen LogP contribution in [0.1, 0.15) is 131 Å². The zero-order chi connectivity index (χ0) is 23.8. The second-order valence-electron chi connectivity index (χ2n) is 9.05. The molecule has 184 valence electrons. The molecular weight excluding hydrogens is 400 g/mol. The van der Waals surface area contributed by atoms with Crippen molar-refractivity contribution >= 4 is 5.97 Å². The highest BCUT2D eigenvalue weighted by atomic mass is 16.5. The molecule has 1 aromatic carbocycles. The van der Waals surface area contributed by atoms with Gasteiger partial charge in [0.05, 0.1) is 13.7 Å². The van der Waals surface area contributed by atoms with Gasteiger partial charge in [0.25, 0.3) is 0 Å². The molecule has 0 aromatic heterocycles. The van der Waals surface area contributed by atoms with E-state index in [0.29, 0.717) is 17.9 Å². The second-order valence-corrected chi connectivity index (χ2v) is 9.05. The lowest BCUT2D eigenvalue weighted by molar-refractivity contribution is 0.0691. The highest BCUT2D eigenvalue weighted by molar-refractivity contribution is 5.94. The first-order valence-corrected chi connectivity index (χ1v) is 13.1. The first kappa shape index (κ1) is 28.3. The van der Waals surface area contributed by atoms with Crippen LogP contribution < -0.4 is 9.47 Å². The first-order chi connectivity index (χ1) is 15.5. The molecule has 0 atom stereocenters. The van der Waals surface area contributed by atoms with Gasteiger partial charge in [0.15, 0.2) is 0 Å². The molecule has 0 saturated heterocycles. The van der Waals surface area contributed by atoms with E-state index in [1.165, 1.54) is 84.2 Å². The summed E-state index contributed by atoms with van der Waals surface area (Å²) in [4.78, 5) is 12.0. The van der Waals surface area contributed by atoms with Gasteiger partial charge in [0.2, 0.25) is 0 Å². The van der Waals surface area contributed by atoms with Crippen LogP contribution in [-0.4, -0.2) is 24.8 Å². The smallest absolute Gasteiger partial charge is 0.339 e. The van der Waals surface area contributed by atoms with Gasteiger partial charge in [-0.2, -0.15) is 0 Å². The van der Waals surface area contributed by atoms with Crippen molar-refractivity contribution < 1.29 is 19.4 Å². The fourth-order valence-corrected chi connectivity index (χ4v) is 4.68. The van der Waals surface area contributed by atoms with Crippen LogP contribution in [0.25, 0.3) is 0 Å². The van der Waals surface area contributed by atoms with Crippen LogP contribution in [0.15, 0.2) is 0 Å². The summed E-state index contributed by atoms with van der Waals surface area (Å²) in [5.41, 5.74) is 2.88. The Morgan fingerprint density at radius 2 is 1.19 bits per heavy atom. The summed E-state index contributed by atoms with van der Waals surface area (Å²) >= 11 is 0. The Kier molecular flexibility index (Phi) is 14.9. The number of methoxy groups -OCH3 is 1. The van der Waals surface area contributed by atoms with Gasteiger partial charge in [-0.25, -0.2) is 4.79 Å². The van der Waals surface area contributed by atoms with Gasteiger partial charge in [0.1, 0.15) is 17.1 Å². The summed E-state index contributed by atoms with van der Waals surface area (Å²) < 4.78 is 11.3. The molecule has 4 nitrogen and oxygen atoms in total. The molecule has 1 N–H and O–H groups in total. The molecular formula is C28H48O4. The summed E-state index contributed by atoms with van der Waals surface area (Å²) in [6.45, 7) is 8.62. The number of benzene rings is 1. The highest BCUT2D eigenvalue weighted by Crippen LogP contribution is 2.39. The molecule has 0 bridgehead atoms. The van der Waals surface area contributed by atoms with E-state index >= 15 is 0 Å². The summed E-state index contributed by atoms with van der Waals surface area (Å²) in [7, 11) is 1.54. The van der Waals surface area contributed by atoms with Crippen molar-refractivity contribution in [1.29, 1.82) is 0 Å². The molecule has 0 aliphatic rings. The zero-order valence-corrected chi connectivity index (χ0v) is 21.5. The SMILES string of the molecule is CCCCCCCCCCCCCCCCc1c(C)c(OCC)c(C)c(OC)c1C(=O)O. The van der Waals surface area contributed by atoms with Gasteiger partial charge >= 0.3 is 5.97 Å². The van der Waals surface area contributed by atoms with Crippen molar-refractivity contribution in [1.82, 2.24) is 0 Å². The number of hydrogen-bond donors (Lipinski definition) is 1. The quantitative estimate of drug-likeness (QED) is 0.216. The molecule has 1 aromatic rings. The Morgan fingerprint density at radius 3 is 1.59 bits per heavy atom. The average molecular weight is 449 g/mol. The number of rotatable bonds is 19. The molecule has 0 heterocycles. The van der Waals surface area contributed by atoms with Gasteiger partial charge in [0, 0.05) is 5.56 Å². The molecule has 0 unspecified atom stereocenters. The van der Waals surface area contributed by atoms with E-state index in [1.54, 1.807) is 0 Å². The van der Waals surface area contributed by atoms with E-state index in [-0.39, 0.29) is 0 Å². The molecule has 0 aliphatic carbocycles. The van der Waals surface area contributed by atoms with Crippen molar-refractivity contribution in [3.8, 4) is 11.5 Å². The number of carboxylic acid groups (broad SMARTS) is 1. The minimum Gasteiger partial charge on any atom is -0.495 e. The minimum atomic E-state index is -0.920. The number of aromatic carboxylic acids is 1. The standard InChI is InChI=1S/C28H48O4/c1-6-8-9-10-11-12-13-14-15-16-17-18-19-20-21-24-22(3)26(32-7-2)23(4)27(31-5)25(24)28(29)30/h6-21H2,1-5H3,(H,29,30). The zero-order valence-electron chi connectivity index (χ0n) is 21.5. The van der Waals surface area contributed by atoms with E-state index < -0.39 is 5.97 Å². The third-order valence-corrected chi connectivity index (χ3v) is 6.49. The minimum absolute atomic E-state index is 0.306. The molecule has 0 fully saturated rings. The topological polar surface area (TPSA) is 55.8 Å². The largest absolute Gasteiger partial charge is 0.495 e. The fraction of sp³-hybridized carbons (Fsp3) is 0.750. The molecule has 1 rings (SSSR count). The van der Waals surface area contributed by atoms with Crippen LogP contribution in [-0.2, 0) is 6.42 Å². The van der Waals surface area contributed by atoms with Gasteiger partial charge in [-0.15, -0.1) is 0 Å². The van der Waals surface area contributed by atoms with Crippen LogP contribution >= 0.6 is 0 Å². The summed E-state index contributed by atoms with van der Waals surface area (Å²) in [5.74, 6) is 0.290. The first-order valence-electron chi connectivity index (χ1n) is 13.1. The Bertz CT molecular complexity index is 666. The van der Waals surface area contributed by atoms with Gasteiger partial charge in [-0.1, -0.05) is 90.4 Å². The fourth-order valence-electron chi connectivity index (χ4n) is 4.68. The summed E-state index contributed by atoms with van der Waals surface area (Å²) in [6.07, 6.45) is 19.2. The molecule has 0 aliphatic heterocycles. The van der Waals surface area contributed by atoms with E-state index in [1.807, 2.05) is 20.8 Å². The average Bonchev–Trinajstić information content (AvgIpc) is 2.77. The Morgan fingerprint density at radius 1 is 0.719 bits per heavy atom. The number of ether oxygens (including phenoxy) is 2. The third-order valence-electron chi connectivity index (χ3n) is 6.49. The van der Waals surface area contributed by atoms with Crippen LogP contribution in [0, 0.1) is 13.8 Å². The van der Waals surface area contributed by atoms with Crippen molar-refractivity contribution in [3.05, 3.63) is 22.3 Å². The number of unbranched alkanes of at least 4 members (excludes halogenated alkanes) is 13. The van der Waals surface area contributed by atoms with Gasteiger partial charge < -0.3 is 14.6 Å². The van der Waals surface area contributed by atoms with Crippen molar-refractivity contribution in [2.45, 2.75) is 124 Å². The molecule has 0 amide bonds. The molecule has 0 radical (unpaired) electrons. The van der Waals surface area contributed by atoms with Crippen LogP contribution in [0.4, 0.5) is 0 Å². The van der Waals surface area contributed by atoms with E-state index in [0.717, 1.165) is 41.7 Å². The van der Waals surface area contributed by atoms with Crippen molar-refractivity contribution in [2.75, 3.05) is 13.7 Å². The number of hydrogen-bond acceptors (Lipinski definition) is 3. The number of carboxylic acids is 1. The maximum Gasteiger partial charge on any atom is 0.339 e. The van der Waals surface area contributed by atoms with E-state index in [9.17, 15) is 9.90 Å². The van der Waals surface area contributed by atoms with E-state index in [2.05, 4.69) is 6.92 Å². The van der Waals surface area contributed by atoms with E-state index in [4.69, 9.17) is 9.47 Å². The maximum atomic E-state index is 12.0. The third kappa shape index (κ3) is 9.42. The van der Waals surface area contributed by atoms with Gasteiger partial charge in [-0.3, -0.25) is 0 Å². The normalized spacial score (nSPS) is 11.0. The Labute approximate surface area is 197 Å². The Balaban J connectivity index is 2.40. The Hall–Kier alpha value is -1.71. The molecule has 4 heteroatoms. The monoisotopic (exact) mass is 448 g/mol. The van der Waals surface area contributed by atoms with Crippen molar-refractivity contribution in [2.24, 2.45) is 0 Å². The molecule has 0 saturated carbocycles. The highest BCUT2D eigenvalue weighted by Gasteiger charge is 2.25.